The molecule has 0 unspecified atom stereocenters. The van der Waals surface area contributed by atoms with Gasteiger partial charge in [0.15, 0.2) is 0 Å². The highest BCUT2D eigenvalue weighted by atomic mass is 16.5. The molecule has 0 saturated heterocycles. The van der Waals surface area contributed by atoms with Gasteiger partial charge in [0.25, 0.3) is 0 Å². The fourth-order valence-electron chi connectivity index (χ4n) is 2.50. The highest BCUT2D eigenvalue weighted by Gasteiger charge is 2.05. The largest absolute Gasteiger partial charge is 0.427 e. The van der Waals surface area contributed by atoms with E-state index in [-0.39, 0.29) is 5.97 Å². The molecule has 0 spiro atoms. The third kappa shape index (κ3) is 3.73. The molecule has 3 aromatic carbocycles. The van der Waals surface area contributed by atoms with E-state index in [1.807, 2.05) is 30.3 Å². The second-order valence-electron chi connectivity index (χ2n) is 5.32. The first-order valence-corrected chi connectivity index (χ1v) is 7.55. The van der Waals surface area contributed by atoms with Crippen LogP contribution in [-0.2, 0) is 11.2 Å². The van der Waals surface area contributed by atoms with Crippen molar-refractivity contribution in [1.82, 2.24) is 0 Å². The zero-order valence-electron chi connectivity index (χ0n) is 12.4. The lowest BCUT2D eigenvalue weighted by atomic mass is 10.0. The smallest absolute Gasteiger partial charge is 0.311 e. The Kier molecular flexibility index (Phi) is 4.50. The maximum absolute atomic E-state index is 11.8. The van der Waals surface area contributed by atoms with Crippen molar-refractivity contribution in [3.05, 3.63) is 78.4 Å². The van der Waals surface area contributed by atoms with Gasteiger partial charge in [-0.15, -0.1) is 0 Å². The Balaban J connectivity index is 1.52. The lowest BCUT2D eigenvalue weighted by Crippen LogP contribution is -2.07. The van der Waals surface area contributed by atoms with Crippen LogP contribution in [0.25, 0.3) is 10.8 Å². The minimum absolute atomic E-state index is 0.174. The highest BCUT2D eigenvalue weighted by molar-refractivity contribution is 5.83. The van der Waals surface area contributed by atoms with Crippen LogP contribution in [0.5, 0.6) is 5.75 Å². The van der Waals surface area contributed by atoms with Gasteiger partial charge < -0.3 is 4.74 Å². The summed E-state index contributed by atoms with van der Waals surface area (Å²) in [6.07, 6.45) is 2.11. The van der Waals surface area contributed by atoms with Gasteiger partial charge in [-0.05, 0) is 41.3 Å². The van der Waals surface area contributed by atoms with E-state index in [1.165, 1.54) is 16.3 Å². The fraction of sp³-hybridized carbons (Fsp3) is 0.150. The summed E-state index contributed by atoms with van der Waals surface area (Å²) < 4.78 is 5.28. The number of hydrogen-bond acceptors (Lipinski definition) is 2. The molecule has 0 saturated carbocycles. The summed E-state index contributed by atoms with van der Waals surface area (Å²) in [5.74, 6) is 0.435. The lowest BCUT2D eigenvalue weighted by Gasteiger charge is -2.05. The molecule has 0 aliphatic heterocycles. The summed E-state index contributed by atoms with van der Waals surface area (Å²) >= 11 is 0. The molecule has 0 N–H and O–H groups in total. The number of aryl methyl sites for hydroxylation is 1. The standard InChI is InChI=1S/C20H18O2/c21-20(22-19-10-2-1-3-11-19)12-6-7-16-13-14-17-8-4-5-9-18(17)15-16/h1-5,8-11,13-15H,6-7,12H2. The Labute approximate surface area is 130 Å². The van der Waals surface area contributed by atoms with E-state index in [0.717, 1.165) is 12.8 Å². The van der Waals surface area contributed by atoms with E-state index in [9.17, 15) is 4.79 Å². The molecule has 2 heteroatoms. The van der Waals surface area contributed by atoms with Gasteiger partial charge in [0, 0.05) is 6.42 Å². The summed E-state index contributed by atoms with van der Waals surface area (Å²) in [4.78, 5) is 11.8. The summed E-state index contributed by atoms with van der Waals surface area (Å²) in [7, 11) is 0. The van der Waals surface area contributed by atoms with Gasteiger partial charge in [-0.2, -0.15) is 0 Å². The molecule has 3 rings (SSSR count). The van der Waals surface area contributed by atoms with Crippen molar-refractivity contribution < 1.29 is 9.53 Å². The average molecular weight is 290 g/mol. The minimum atomic E-state index is -0.174. The van der Waals surface area contributed by atoms with Crippen molar-refractivity contribution in [2.45, 2.75) is 19.3 Å². The summed E-state index contributed by atoms with van der Waals surface area (Å²) in [5.41, 5.74) is 1.26. The molecule has 0 amide bonds. The van der Waals surface area contributed by atoms with Gasteiger partial charge in [0.1, 0.15) is 5.75 Å². The third-order valence-electron chi connectivity index (χ3n) is 3.64. The molecule has 0 bridgehead atoms. The second-order valence-corrected chi connectivity index (χ2v) is 5.32. The Morgan fingerprint density at radius 2 is 1.55 bits per heavy atom. The number of esters is 1. The molecule has 0 aromatic heterocycles. The van der Waals surface area contributed by atoms with Crippen LogP contribution in [0.2, 0.25) is 0 Å². The Morgan fingerprint density at radius 3 is 2.36 bits per heavy atom. The van der Waals surface area contributed by atoms with Crippen LogP contribution >= 0.6 is 0 Å². The summed E-state index contributed by atoms with van der Waals surface area (Å²) in [6.45, 7) is 0. The average Bonchev–Trinajstić information content (AvgIpc) is 2.55. The second kappa shape index (κ2) is 6.90. The first-order valence-electron chi connectivity index (χ1n) is 7.55. The van der Waals surface area contributed by atoms with Crippen molar-refractivity contribution in [1.29, 1.82) is 0 Å². The van der Waals surface area contributed by atoms with Crippen molar-refractivity contribution in [2.24, 2.45) is 0 Å². The lowest BCUT2D eigenvalue weighted by molar-refractivity contribution is -0.134. The van der Waals surface area contributed by atoms with Crippen LogP contribution < -0.4 is 4.74 Å². The SMILES string of the molecule is O=C(CCCc1ccc2ccccc2c1)Oc1ccccc1. The molecular formula is C20H18O2. The third-order valence-corrected chi connectivity index (χ3v) is 3.64. The maximum Gasteiger partial charge on any atom is 0.311 e. The maximum atomic E-state index is 11.8. The van der Waals surface area contributed by atoms with E-state index in [0.29, 0.717) is 12.2 Å². The zero-order valence-corrected chi connectivity index (χ0v) is 12.4. The van der Waals surface area contributed by atoms with Crippen molar-refractivity contribution in [2.75, 3.05) is 0 Å². The number of rotatable bonds is 5. The van der Waals surface area contributed by atoms with Gasteiger partial charge in [-0.1, -0.05) is 60.7 Å². The van der Waals surface area contributed by atoms with Gasteiger partial charge in [-0.25, -0.2) is 0 Å². The Morgan fingerprint density at radius 1 is 0.818 bits per heavy atom. The van der Waals surface area contributed by atoms with Crippen molar-refractivity contribution in [3.8, 4) is 5.75 Å². The molecule has 3 aromatic rings. The molecule has 110 valence electrons. The van der Waals surface area contributed by atoms with Crippen LogP contribution in [0.15, 0.2) is 72.8 Å². The number of carbonyl (C=O) groups is 1. The molecule has 0 aliphatic rings. The number of para-hydroxylation sites is 1. The number of ether oxygens (including phenoxy) is 1. The number of benzene rings is 3. The predicted molar refractivity (Wildman–Crippen MR) is 89.0 cm³/mol. The summed E-state index contributed by atoms with van der Waals surface area (Å²) in [5, 5.41) is 2.49. The zero-order chi connectivity index (χ0) is 15.2. The summed E-state index contributed by atoms with van der Waals surface area (Å²) in [6, 6.07) is 24.0. The van der Waals surface area contributed by atoms with Crippen molar-refractivity contribution in [3.63, 3.8) is 0 Å². The Hall–Kier alpha value is -2.61. The molecule has 22 heavy (non-hydrogen) atoms. The quantitative estimate of drug-likeness (QED) is 0.500. The van der Waals surface area contributed by atoms with E-state index in [4.69, 9.17) is 4.74 Å². The molecule has 0 fully saturated rings. The van der Waals surface area contributed by atoms with Crippen LogP contribution in [0.4, 0.5) is 0 Å². The van der Waals surface area contributed by atoms with E-state index >= 15 is 0 Å². The van der Waals surface area contributed by atoms with Gasteiger partial charge >= 0.3 is 5.97 Å². The number of carbonyl (C=O) groups excluding carboxylic acids is 1. The molecular weight excluding hydrogens is 272 g/mol. The number of hydrogen-bond donors (Lipinski definition) is 0. The highest BCUT2D eigenvalue weighted by Crippen LogP contribution is 2.17. The molecule has 0 atom stereocenters. The van der Waals surface area contributed by atoms with E-state index < -0.39 is 0 Å². The van der Waals surface area contributed by atoms with Crippen LogP contribution in [-0.4, -0.2) is 5.97 Å². The number of fused-ring (bicyclic) bond motifs is 1. The van der Waals surface area contributed by atoms with Crippen LogP contribution in [0.3, 0.4) is 0 Å². The monoisotopic (exact) mass is 290 g/mol. The molecule has 2 nitrogen and oxygen atoms in total. The van der Waals surface area contributed by atoms with Crippen molar-refractivity contribution >= 4 is 16.7 Å². The van der Waals surface area contributed by atoms with E-state index in [1.54, 1.807) is 12.1 Å². The molecule has 0 aliphatic carbocycles. The van der Waals surface area contributed by atoms with Gasteiger partial charge in [-0.3, -0.25) is 4.79 Å². The first kappa shape index (κ1) is 14.3. The van der Waals surface area contributed by atoms with Gasteiger partial charge in [0.05, 0.1) is 0 Å². The normalized spacial score (nSPS) is 10.5. The first-order chi connectivity index (χ1) is 10.8. The molecule has 0 heterocycles. The molecule has 0 radical (unpaired) electrons. The van der Waals surface area contributed by atoms with Gasteiger partial charge in [0.2, 0.25) is 0 Å². The fourth-order valence-corrected chi connectivity index (χ4v) is 2.50. The Bertz CT molecular complexity index is 763. The topological polar surface area (TPSA) is 26.3 Å². The van der Waals surface area contributed by atoms with Crippen LogP contribution in [0, 0.1) is 0 Å². The van der Waals surface area contributed by atoms with E-state index in [2.05, 4.69) is 30.3 Å². The predicted octanol–water partition coefficient (Wildman–Crippen LogP) is 4.77. The van der Waals surface area contributed by atoms with Crippen LogP contribution in [0.1, 0.15) is 18.4 Å². The minimum Gasteiger partial charge on any atom is -0.427 e.